The number of carbonyl (C=O) groups is 1. The van der Waals surface area contributed by atoms with E-state index in [0.717, 1.165) is 36.4 Å². The van der Waals surface area contributed by atoms with Crippen LogP contribution in [0.5, 0.6) is 11.5 Å². The number of hydrogen-bond acceptors (Lipinski definition) is 4. The molecule has 0 aliphatic carbocycles. The van der Waals surface area contributed by atoms with E-state index in [-0.39, 0.29) is 11.8 Å². The average molecular weight is 327 g/mol. The summed E-state index contributed by atoms with van der Waals surface area (Å²) in [5.74, 6) is 1.58. The van der Waals surface area contributed by atoms with Crippen molar-refractivity contribution in [1.82, 2.24) is 5.32 Å². The summed E-state index contributed by atoms with van der Waals surface area (Å²) in [4.78, 5) is 13.0. The van der Waals surface area contributed by atoms with Crippen LogP contribution in [0.4, 0.5) is 0 Å². The minimum absolute atomic E-state index is 0.0546. The van der Waals surface area contributed by atoms with Gasteiger partial charge < -0.3 is 14.8 Å². The van der Waals surface area contributed by atoms with E-state index in [4.69, 9.17) is 9.47 Å². The van der Waals surface area contributed by atoms with Gasteiger partial charge in [-0.25, -0.2) is 0 Å². The standard InChI is InChI=1S/C20H25NO3/c1-4-5-14-21-19(15-6-10-17(23-2)11-7-15)20(22)16-8-12-18(24-3)13-9-16/h6-13,19,21H,4-5,14H2,1-3H3. The SMILES string of the molecule is CCCCNC(C(=O)c1ccc(OC)cc1)c1ccc(OC)cc1. The number of carbonyl (C=O) groups excluding carboxylic acids is 1. The molecule has 0 amide bonds. The van der Waals surface area contributed by atoms with Crippen LogP contribution in [0.1, 0.15) is 41.7 Å². The number of Topliss-reactive ketones (excluding diaryl/α,β-unsaturated/α-hetero) is 1. The highest BCUT2D eigenvalue weighted by atomic mass is 16.5. The molecule has 0 heterocycles. The van der Waals surface area contributed by atoms with Gasteiger partial charge in [0.1, 0.15) is 11.5 Å². The first-order valence-electron chi connectivity index (χ1n) is 8.25. The molecule has 0 aliphatic heterocycles. The van der Waals surface area contributed by atoms with E-state index < -0.39 is 0 Å². The van der Waals surface area contributed by atoms with Crippen LogP contribution in [0, 0.1) is 0 Å². The lowest BCUT2D eigenvalue weighted by atomic mass is 9.97. The molecule has 0 bridgehead atoms. The number of ketones is 1. The molecule has 0 saturated carbocycles. The van der Waals surface area contributed by atoms with Crippen LogP contribution in [0.25, 0.3) is 0 Å². The Morgan fingerprint density at radius 3 is 2.00 bits per heavy atom. The molecule has 2 aromatic carbocycles. The van der Waals surface area contributed by atoms with Gasteiger partial charge in [0.25, 0.3) is 0 Å². The van der Waals surface area contributed by atoms with E-state index >= 15 is 0 Å². The summed E-state index contributed by atoms with van der Waals surface area (Å²) < 4.78 is 10.4. The third-order valence-corrected chi connectivity index (χ3v) is 3.96. The lowest BCUT2D eigenvalue weighted by Gasteiger charge is -2.19. The first-order chi connectivity index (χ1) is 11.7. The zero-order chi connectivity index (χ0) is 17.4. The predicted octanol–water partition coefficient (Wildman–Crippen LogP) is 4.02. The van der Waals surface area contributed by atoms with Crippen LogP contribution in [0.15, 0.2) is 48.5 Å². The molecule has 2 aromatic rings. The minimum atomic E-state index is -0.365. The zero-order valence-electron chi connectivity index (χ0n) is 14.5. The molecule has 2 rings (SSSR count). The number of benzene rings is 2. The lowest BCUT2D eigenvalue weighted by Crippen LogP contribution is -2.29. The lowest BCUT2D eigenvalue weighted by molar-refractivity contribution is 0.0942. The Bertz CT molecular complexity index is 635. The van der Waals surface area contributed by atoms with Crippen LogP contribution in [0.2, 0.25) is 0 Å². The van der Waals surface area contributed by atoms with Crippen molar-refractivity contribution >= 4 is 5.78 Å². The molecule has 0 aliphatic rings. The summed E-state index contributed by atoms with van der Waals surface area (Å²) in [5.41, 5.74) is 1.60. The maximum Gasteiger partial charge on any atom is 0.184 e. The maximum absolute atomic E-state index is 13.0. The monoisotopic (exact) mass is 327 g/mol. The van der Waals surface area contributed by atoms with Gasteiger partial charge in [0.15, 0.2) is 5.78 Å². The predicted molar refractivity (Wildman–Crippen MR) is 96.0 cm³/mol. The average Bonchev–Trinajstić information content (AvgIpc) is 2.65. The van der Waals surface area contributed by atoms with Crippen LogP contribution in [-0.2, 0) is 0 Å². The van der Waals surface area contributed by atoms with Crippen LogP contribution < -0.4 is 14.8 Å². The van der Waals surface area contributed by atoms with Crippen LogP contribution >= 0.6 is 0 Å². The van der Waals surface area contributed by atoms with E-state index in [1.54, 1.807) is 26.4 Å². The van der Waals surface area contributed by atoms with Crippen molar-refractivity contribution in [3.8, 4) is 11.5 Å². The minimum Gasteiger partial charge on any atom is -0.497 e. The van der Waals surface area contributed by atoms with Crippen molar-refractivity contribution in [3.63, 3.8) is 0 Å². The van der Waals surface area contributed by atoms with Gasteiger partial charge in [-0.2, -0.15) is 0 Å². The Kier molecular flexibility index (Phi) is 6.82. The summed E-state index contributed by atoms with van der Waals surface area (Å²) >= 11 is 0. The number of rotatable bonds is 9. The van der Waals surface area contributed by atoms with Gasteiger partial charge in [-0.15, -0.1) is 0 Å². The van der Waals surface area contributed by atoms with Crippen LogP contribution in [0.3, 0.4) is 0 Å². The molecular weight excluding hydrogens is 302 g/mol. The fraction of sp³-hybridized carbons (Fsp3) is 0.350. The number of methoxy groups -OCH3 is 2. The topological polar surface area (TPSA) is 47.6 Å². The normalized spacial score (nSPS) is 11.8. The number of hydrogen-bond donors (Lipinski definition) is 1. The highest BCUT2D eigenvalue weighted by Gasteiger charge is 2.21. The molecule has 128 valence electrons. The Morgan fingerprint density at radius 2 is 1.50 bits per heavy atom. The van der Waals surface area contributed by atoms with Gasteiger partial charge in [0.2, 0.25) is 0 Å². The Morgan fingerprint density at radius 1 is 0.958 bits per heavy atom. The van der Waals surface area contributed by atoms with E-state index in [2.05, 4.69) is 12.2 Å². The smallest absolute Gasteiger partial charge is 0.184 e. The van der Waals surface area contributed by atoms with Gasteiger partial charge in [-0.05, 0) is 54.9 Å². The summed E-state index contributed by atoms with van der Waals surface area (Å²) in [5, 5.41) is 3.38. The molecule has 4 nitrogen and oxygen atoms in total. The van der Waals surface area contributed by atoms with Gasteiger partial charge in [0, 0.05) is 5.56 Å². The third kappa shape index (κ3) is 4.59. The van der Waals surface area contributed by atoms with Crippen molar-refractivity contribution in [3.05, 3.63) is 59.7 Å². The molecular formula is C20H25NO3. The van der Waals surface area contributed by atoms with Crippen molar-refractivity contribution in [2.75, 3.05) is 20.8 Å². The van der Waals surface area contributed by atoms with E-state index in [0.29, 0.717) is 5.56 Å². The molecule has 1 atom stereocenters. The van der Waals surface area contributed by atoms with E-state index in [1.807, 2.05) is 36.4 Å². The quantitative estimate of drug-likeness (QED) is 0.558. The summed E-state index contributed by atoms with van der Waals surface area (Å²) in [6.07, 6.45) is 2.11. The molecule has 1 N–H and O–H groups in total. The first kappa shape index (κ1) is 18.0. The van der Waals surface area contributed by atoms with Crippen molar-refractivity contribution in [1.29, 1.82) is 0 Å². The molecule has 0 fully saturated rings. The number of nitrogens with one attached hydrogen (secondary N) is 1. The molecule has 0 radical (unpaired) electrons. The second-order valence-corrected chi connectivity index (χ2v) is 5.61. The van der Waals surface area contributed by atoms with Gasteiger partial charge in [0.05, 0.1) is 20.3 Å². The summed E-state index contributed by atoms with van der Waals surface area (Å²) in [6, 6.07) is 14.5. The van der Waals surface area contributed by atoms with Crippen molar-refractivity contribution < 1.29 is 14.3 Å². The molecule has 0 aromatic heterocycles. The van der Waals surface area contributed by atoms with E-state index in [9.17, 15) is 4.79 Å². The zero-order valence-corrected chi connectivity index (χ0v) is 14.5. The van der Waals surface area contributed by atoms with Crippen molar-refractivity contribution in [2.45, 2.75) is 25.8 Å². The largest absolute Gasteiger partial charge is 0.497 e. The second-order valence-electron chi connectivity index (χ2n) is 5.61. The summed E-state index contributed by atoms with van der Waals surface area (Å²) in [6.45, 7) is 2.93. The van der Waals surface area contributed by atoms with Gasteiger partial charge >= 0.3 is 0 Å². The van der Waals surface area contributed by atoms with Gasteiger partial charge in [-0.1, -0.05) is 25.5 Å². The van der Waals surface area contributed by atoms with Crippen LogP contribution in [-0.4, -0.2) is 26.5 Å². The highest BCUT2D eigenvalue weighted by molar-refractivity contribution is 6.00. The Labute approximate surface area is 143 Å². The fourth-order valence-electron chi connectivity index (χ4n) is 2.50. The third-order valence-electron chi connectivity index (χ3n) is 3.96. The molecule has 4 heteroatoms. The van der Waals surface area contributed by atoms with E-state index in [1.165, 1.54) is 0 Å². The molecule has 0 saturated heterocycles. The fourth-order valence-corrected chi connectivity index (χ4v) is 2.50. The Balaban J connectivity index is 2.23. The first-order valence-corrected chi connectivity index (χ1v) is 8.25. The molecule has 1 unspecified atom stereocenters. The van der Waals surface area contributed by atoms with Gasteiger partial charge in [-0.3, -0.25) is 4.79 Å². The number of unbranched alkanes of at least 4 members (excludes halogenated alkanes) is 1. The highest BCUT2D eigenvalue weighted by Crippen LogP contribution is 2.23. The second kappa shape index (κ2) is 9.08. The molecule has 0 spiro atoms. The Hall–Kier alpha value is -2.33. The maximum atomic E-state index is 13.0. The number of ether oxygens (including phenoxy) is 2. The molecule has 24 heavy (non-hydrogen) atoms. The van der Waals surface area contributed by atoms with Crippen molar-refractivity contribution in [2.24, 2.45) is 0 Å². The summed E-state index contributed by atoms with van der Waals surface area (Å²) in [7, 11) is 3.25.